The van der Waals surface area contributed by atoms with Crippen molar-refractivity contribution in [1.29, 1.82) is 0 Å². The molecule has 3 heterocycles. The first-order chi connectivity index (χ1) is 14.2. The molecule has 0 unspecified atom stereocenters. The third kappa shape index (κ3) is 2.12. The van der Waals surface area contributed by atoms with Crippen molar-refractivity contribution in [1.82, 2.24) is 18.9 Å². The molecule has 5 nitrogen and oxygen atoms in total. The van der Waals surface area contributed by atoms with Gasteiger partial charge < -0.3 is 4.57 Å². The summed E-state index contributed by atoms with van der Waals surface area (Å²) in [7, 11) is 1.95. The van der Waals surface area contributed by atoms with Crippen LogP contribution in [0, 0.1) is 0 Å². The molecule has 0 saturated heterocycles. The molecule has 0 atom stereocenters. The van der Waals surface area contributed by atoms with E-state index in [4.69, 9.17) is 9.97 Å². The van der Waals surface area contributed by atoms with Crippen molar-refractivity contribution in [2.75, 3.05) is 0 Å². The van der Waals surface area contributed by atoms with Crippen LogP contribution in [0.5, 0.6) is 0 Å². The topological polar surface area (TPSA) is 52.2 Å². The van der Waals surface area contributed by atoms with Gasteiger partial charge in [-0.2, -0.15) is 0 Å². The van der Waals surface area contributed by atoms with Crippen LogP contribution in [0.25, 0.3) is 50.0 Å². The van der Waals surface area contributed by atoms with Crippen molar-refractivity contribution in [3.63, 3.8) is 0 Å². The van der Waals surface area contributed by atoms with Gasteiger partial charge in [-0.25, -0.2) is 9.97 Å². The first-order valence-electron chi connectivity index (χ1n) is 9.48. The summed E-state index contributed by atoms with van der Waals surface area (Å²) in [6.45, 7) is 0. The summed E-state index contributed by atoms with van der Waals surface area (Å²) < 4.78 is 3.99. The zero-order valence-corrected chi connectivity index (χ0v) is 15.7. The molecule has 0 radical (unpaired) electrons. The molecular weight excluding hydrogens is 360 g/mol. The zero-order valence-electron chi connectivity index (χ0n) is 15.7. The summed E-state index contributed by atoms with van der Waals surface area (Å²) >= 11 is 0. The maximum Gasteiger partial charge on any atom is 0.202 e. The fourth-order valence-electron chi connectivity index (χ4n) is 4.15. The number of pyridine rings is 1. The van der Waals surface area contributed by atoms with Gasteiger partial charge >= 0.3 is 0 Å². The molecule has 0 N–H and O–H groups in total. The number of nitrogens with zero attached hydrogens (tertiary/aromatic N) is 4. The van der Waals surface area contributed by atoms with Gasteiger partial charge in [-0.05, 0) is 24.3 Å². The molecule has 0 fully saturated rings. The van der Waals surface area contributed by atoms with E-state index in [9.17, 15) is 4.79 Å². The second kappa shape index (κ2) is 5.75. The normalized spacial score (nSPS) is 11.8. The molecule has 0 spiro atoms. The highest BCUT2D eigenvalue weighted by Crippen LogP contribution is 2.29. The number of hydrogen-bond donors (Lipinski definition) is 0. The van der Waals surface area contributed by atoms with Crippen LogP contribution in [0.1, 0.15) is 0 Å². The lowest BCUT2D eigenvalue weighted by Crippen LogP contribution is -2.13. The minimum Gasteiger partial charge on any atom is -0.328 e. The maximum atomic E-state index is 13.5. The van der Waals surface area contributed by atoms with E-state index in [0.717, 1.165) is 27.9 Å². The molecule has 3 aromatic carbocycles. The molecular formula is C24H16N4O. The molecule has 0 bridgehead atoms. The third-order valence-corrected chi connectivity index (χ3v) is 5.52. The highest BCUT2D eigenvalue weighted by Gasteiger charge is 2.20. The highest BCUT2D eigenvalue weighted by molar-refractivity contribution is 6.02. The Kier molecular flexibility index (Phi) is 3.18. The Labute approximate surface area is 165 Å². The van der Waals surface area contributed by atoms with E-state index in [2.05, 4.69) is 0 Å². The number of rotatable bonds is 1. The quantitative estimate of drug-likeness (QED) is 0.396. The van der Waals surface area contributed by atoms with Gasteiger partial charge in [0.1, 0.15) is 16.9 Å². The first kappa shape index (κ1) is 16.0. The smallest absolute Gasteiger partial charge is 0.202 e. The number of para-hydroxylation sites is 3. The van der Waals surface area contributed by atoms with Crippen molar-refractivity contribution in [3.05, 3.63) is 89.1 Å². The Morgan fingerprint density at radius 3 is 2.24 bits per heavy atom. The molecule has 3 aromatic heterocycles. The third-order valence-electron chi connectivity index (χ3n) is 5.52. The van der Waals surface area contributed by atoms with Crippen molar-refractivity contribution >= 4 is 38.6 Å². The van der Waals surface area contributed by atoms with Gasteiger partial charge in [-0.1, -0.05) is 54.6 Å². The summed E-state index contributed by atoms with van der Waals surface area (Å²) in [6.07, 6.45) is 0. The molecule has 0 aliphatic heterocycles. The number of hydrogen-bond acceptors (Lipinski definition) is 3. The second-order valence-corrected chi connectivity index (χ2v) is 7.16. The van der Waals surface area contributed by atoms with Gasteiger partial charge in [0.05, 0.1) is 16.6 Å². The lowest BCUT2D eigenvalue weighted by atomic mass is 10.1. The molecule has 6 aromatic rings. The van der Waals surface area contributed by atoms with E-state index in [-0.39, 0.29) is 5.43 Å². The van der Waals surface area contributed by atoms with Crippen LogP contribution in [-0.2, 0) is 7.05 Å². The van der Waals surface area contributed by atoms with Crippen molar-refractivity contribution in [2.24, 2.45) is 7.05 Å². The Hall–Kier alpha value is -3.99. The van der Waals surface area contributed by atoms with Crippen molar-refractivity contribution in [2.45, 2.75) is 0 Å². The fourth-order valence-corrected chi connectivity index (χ4v) is 4.15. The second-order valence-electron chi connectivity index (χ2n) is 7.16. The standard InChI is InChI=1S/C24H16N4O/c1-27-18-13-7-5-11-16(18)21(29)20-23(27)26-22(15-9-3-2-4-10-15)28-19-14-8-6-12-17(19)25-24(20)28/h2-14H,1H3. The predicted octanol–water partition coefficient (Wildman–Crippen LogP) is 4.55. The number of aromatic nitrogens is 4. The molecule has 0 saturated carbocycles. The summed E-state index contributed by atoms with van der Waals surface area (Å²) in [6, 6.07) is 25.6. The number of fused-ring (bicyclic) bond motifs is 6. The van der Waals surface area contributed by atoms with E-state index in [1.807, 2.05) is 94.9 Å². The van der Waals surface area contributed by atoms with Crippen LogP contribution in [0.3, 0.4) is 0 Å². The van der Waals surface area contributed by atoms with Crippen molar-refractivity contribution in [3.8, 4) is 11.4 Å². The van der Waals surface area contributed by atoms with E-state index in [1.165, 1.54) is 0 Å². The minimum absolute atomic E-state index is 0.0406. The summed E-state index contributed by atoms with van der Waals surface area (Å²) in [5.74, 6) is 0.770. The average molecular weight is 376 g/mol. The van der Waals surface area contributed by atoms with Gasteiger partial charge in [0.2, 0.25) is 5.43 Å². The van der Waals surface area contributed by atoms with Crippen molar-refractivity contribution < 1.29 is 0 Å². The molecule has 0 amide bonds. The molecule has 29 heavy (non-hydrogen) atoms. The number of imidazole rings is 1. The van der Waals surface area contributed by atoms with Gasteiger partial charge in [0, 0.05) is 18.0 Å². The lowest BCUT2D eigenvalue weighted by Gasteiger charge is -2.13. The van der Waals surface area contributed by atoms with Crippen LogP contribution in [0.15, 0.2) is 83.7 Å². The van der Waals surface area contributed by atoms with E-state index >= 15 is 0 Å². The van der Waals surface area contributed by atoms with Crippen LogP contribution in [0.2, 0.25) is 0 Å². The molecule has 138 valence electrons. The van der Waals surface area contributed by atoms with E-state index in [1.54, 1.807) is 0 Å². The molecule has 0 aliphatic carbocycles. The maximum absolute atomic E-state index is 13.5. The van der Waals surface area contributed by atoms with Gasteiger partial charge in [0.15, 0.2) is 5.65 Å². The molecule has 0 aliphatic rings. The fraction of sp³-hybridized carbons (Fsp3) is 0.0417. The lowest BCUT2D eigenvalue weighted by molar-refractivity contribution is 0.967. The molecule has 6 rings (SSSR count). The molecule has 5 heteroatoms. The Balaban J connectivity index is 1.96. The largest absolute Gasteiger partial charge is 0.328 e. The van der Waals surface area contributed by atoms with Crippen LogP contribution in [0.4, 0.5) is 0 Å². The Bertz CT molecular complexity index is 1630. The average Bonchev–Trinajstić information content (AvgIpc) is 3.16. The van der Waals surface area contributed by atoms with E-state index in [0.29, 0.717) is 22.1 Å². The van der Waals surface area contributed by atoms with Gasteiger partial charge in [-0.15, -0.1) is 0 Å². The van der Waals surface area contributed by atoms with Crippen LogP contribution < -0.4 is 5.43 Å². The van der Waals surface area contributed by atoms with Crippen LogP contribution >= 0.6 is 0 Å². The van der Waals surface area contributed by atoms with Gasteiger partial charge in [-0.3, -0.25) is 9.20 Å². The van der Waals surface area contributed by atoms with Gasteiger partial charge in [0.25, 0.3) is 0 Å². The van der Waals surface area contributed by atoms with E-state index < -0.39 is 0 Å². The SMILES string of the molecule is Cn1c2ccccc2c(=O)c2c1nc(-c1ccccc1)n1c3ccccc3nc21. The highest BCUT2D eigenvalue weighted by atomic mass is 16.1. The summed E-state index contributed by atoms with van der Waals surface area (Å²) in [5, 5.41) is 1.22. The summed E-state index contributed by atoms with van der Waals surface area (Å²) in [4.78, 5) is 23.3. The Morgan fingerprint density at radius 2 is 1.41 bits per heavy atom. The summed E-state index contributed by atoms with van der Waals surface area (Å²) in [5.41, 5.74) is 4.85. The van der Waals surface area contributed by atoms with Crippen LogP contribution in [-0.4, -0.2) is 18.9 Å². The number of benzene rings is 3. The predicted molar refractivity (Wildman–Crippen MR) is 116 cm³/mol. The zero-order chi connectivity index (χ0) is 19.5. The monoisotopic (exact) mass is 376 g/mol. The first-order valence-corrected chi connectivity index (χ1v) is 9.48. The Morgan fingerprint density at radius 1 is 0.724 bits per heavy atom. The minimum atomic E-state index is -0.0406. The number of aryl methyl sites for hydroxylation is 1.